The second kappa shape index (κ2) is 13.1. The molecule has 1 aliphatic rings. The SMILES string of the molecule is Cc1ccc(C(=O)Nc2cccc(C(C)C)c2)cc1NC(=O)Nc1ccnc(CCCN2CCOCC2)n1. The number of urea groups is 1. The number of anilines is 3. The summed E-state index contributed by atoms with van der Waals surface area (Å²) >= 11 is 0. The molecule has 9 nitrogen and oxygen atoms in total. The lowest BCUT2D eigenvalue weighted by atomic mass is 10.0. The van der Waals surface area contributed by atoms with Crippen molar-refractivity contribution in [3.05, 3.63) is 77.2 Å². The molecule has 0 unspecified atom stereocenters. The minimum Gasteiger partial charge on any atom is -0.379 e. The van der Waals surface area contributed by atoms with Crippen molar-refractivity contribution in [1.82, 2.24) is 14.9 Å². The highest BCUT2D eigenvalue weighted by Gasteiger charge is 2.13. The summed E-state index contributed by atoms with van der Waals surface area (Å²) in [6.45, 7) is 10.5. The average Bonchev–Trinajstić information content (AvgIpc) is 2.91. The van der Waals surface area contributed by atoms with Gasteiger partial charge in [0.2, 0.25) is 0 Å². The molecule has 3 amide bonds. The minimum atomic E-state index is -0.437. The monoisotopic (exact) mass is 516 g/mol. The number of benzene rings is 2. The van der Waals surface area contributed by atoms with E-state index in [1.807, 2.05) is 37.3 Å². The third-order valence-electron chi connectivity index (χ3n) is 6.48. The van der Waals surface area contributed by atoms with Gasteiger partial charge in [0.05, 0.1) is 13.2 Å². The Balaban J connectivity index is 1.33. The Bertz CT molecular complexity index is 1260. The lowest BCUT2D eigenvalue weighted by Gasteiger charge is -2.26. The van der Waals surface area contributed by atoms with Crippen LogP contribution in [-0.4, -0.2) is 59.7 Å². The third-order valence-corrected chi connectivity index (χ3v) is 6.48. The highest BCUT2D eigenvalue weighted by atomic mass is 16.5. The predicted molar refractivity (Wildman–Crippen MR) is 150 cm³/mol. The van der Waals surface area contributed by atoms with E-state index in [0.29, 0.717) is 28.8 Å². The van der Waals surface area contributed by atoms with Crippen LogP contribution in [0.1, 0.15) is 53.5 Å². The van der Waals surface area contributed by atoms with Crippen LogP contribution >= 0.6 is 0 Å². The van der Waals surface area contributed by atoms with Crippen molar-refractivity contribution >= 4 is 29.1 Å². The van der Waals surface area contributed by atoms with E-state index in [1.165, 1.54) is 0 Å². The van der Waals surface area contributed by atoms with Gasteiger partial charge in [-0.05, 0) is 67.3 Å². The molecule has 3 N–H and O–H groups in total. The summed E-state index contributed by atoms with van der Waals surface area (Å²) in [4.78, 5) is 36.8. The second-order valence-electron chi connectivity index (χ2n) is 9.76. The summed E-state index contributed by atoms with van der Waals surface area (Å²) in [7, 11) is 0. The van der Waals surface area contributed by atoms with E-state index in [1.54, 1.807) is 24.4 Å². The van der Waals surface area contributed by atoms with Crippen molar-refractivity contribution in [2.75, 3.05) is 48.8 Å². The Hall–Kier alpha value is -3.82. The van der Waals surface area contributed by atoms with Crippen LogP contribution in [0.4, 0.5) is 22.0 Å². The molecule has 3 aromatic rings. The Labute approximate surface area is 224 Å². The van der Waals surface area contributed by atoms with Gasteiger partial charge < -0.3 is 15.4 Å². The van der Waals surface area contributed by atoms with E-state index in [9.17, 15) is 9.59 Å². The summed E-state index contributed by atoms with van der Waals surface area (Å²) in [5.41, 5.74) is 3.72. The van der Waals surface area contributed by atoms with Gasteiger partial charge in [0.1, 0.15) is 11.6 Å². The molecule has 0 atom stereocenters. The van der Waals surface area contributed by atoms with Crippen molar-refractivity contribution in [2.45, 2.75) is 39.5 Å². The van der Waals surface area contributed by atoms with Crippen molar-refractivity contribution < 1.29 is 14.3 Å². The number of nitrogens with one attached hydrogen (secondary N) is 3. The number of carbonyl (C=O) groups excluding carboxylic acids is 2. The molecule has 9 heteroatoms. The summed E-state index contributed by atoms with van der Waals surface area (Å²) in [5.74, 6) is 1.23. The van der Waals surface area contributed by atoms with Crippen LogP contribution in [0.3, 0.4) is 0 Å². The number of hydrogen-bond acceptors (Lipinski definition) is 6. The van der Waals surface area contributed by atoms with Gasteiger partial charge in [-0.1, -0.05) is 32.0 Å². The van der Waals surface area contributed by atoms with Gasteiger partial charge in [0, 0.05) is 42.6 Å². The smallest absolute Gasteiger partial charge is 0.324 e. The molecule has 0 spiro atoms. The Morgan fingerprint density at radius 2 is 1.84 bits per heavy atom. The van der Waals surface area contributed by atoms with Crippen LogP contribution in [0, 0.1) is 6.92 Å². The molecule has 0 aliphatic carbocycles. The van der Waals surface area contributed by atoms with Crippen molar-refractivity contribution in [3.63, 3.8) is 0 Å². The fourth-order valence-corrected chi connectivity index (χ4v) is 4.22. The molecular formula is C29H36N6O3. The Morgan fingerprint density at radius 3 is 2.63 bits per heavy atom. The molecule has 0 bridgehead atoms. The second-order valence-corrected chi connectivity index (χ2v) is 9.76. The van der Waals surface area contributed by atoms with Gasteiger partial charge in [-0.2, -0.15) is 0 Å². The molecule has 2 heterocycles. The zero-order chi connectivity index (χ0) is 26.9. The maximum Gasteiger partial charge on any atom is 0.324 e. The van der Waals surface area contributed by atoms with Crippen molar-refractivity contribution in [1.29, 1.82) is 0 Å². The molecule has 1 saturated heterocycles. The molecule has 4 rings (SSSR count). The van der Waals surface area contributed by atoms with Crippen LogP contribution in [0.5, 0.6) is 0 Å². The molecule has 1 aromatic heterocycles. The number of carbonyl (C=O) groups is 2. The number of rotatable bonds is 9. The standard InChI is InChI=1S/C29H36N6O3/c1-20(2)22-6-4-7-24(18-22)31-28(36)23-10-9-21(3)25(19-23)32-29(37)34-27-11-12-30-26(33-27)8-5-13-35-14-16-38-17-15-35/h4,6-7,9-12,18-20H,5,8,13-17H2,1-3H3,(H,31,36)(H2,30,32,33,34,37). The lowest BCUT2D eigenvalue weighted by Crippen LogP contribution is -2.37. The molecular weight excluding hydrogens is 480 g/mol. The first-order valence-corrected chi connectivity index (χ1v) is 13.1. The molecule has 2 aromatic carbocycles. The number of aromatic nitrogens is 2. The first-order chi connectivity index (χ1) is 18.4. The fourth-order valence-electron chi connectivity index (χ4n) is 4.22. The predicted octanol–water partition coefficient (Wildman–Crippen LogP) is 5.07. The maximum absolute atomic E-state index is 12.9. The average molecular weight is 517 g/mol. The largest absolute Gasteiger partial charge is 0.379 e. The normalized spacial score (nSPS) is 13.8. The van der Waals surface area contributed by atoms with E-state index < -0.39 is 6.03 Å². The topological polar surface area (TPSA) is 108 Å². The summed E-state index contributed by atoms with van der Waals surface area (Å²) in [5, 5.41) is 8.56. The van der Waals surface area contributed by atoms with Gasteiger partial charge >= 0.3 is 6.03 Å². The molecule has 1 aliphatic heterocycles. The lowest BCUT2D eigenvalue weighted by molar-refractivity contribution is 0.0374. The number of hydrogen-bond donors (Lipinski definition) is 3. The molecule has 0 saturated carbocycles. The minimum absolute atomic E-state index is 0.244. The van der Waals surface area contributed by atoms with Crippen LogP contribution < -0.4 is 16.0 Å². The highest BCUT2D eigenvalue weighted by Crippen LogP contribution is 2.21. The van der Waals surface area contributed by atoms with E-state index in [4.69, 9.17) is 4.74 Å². The fraction of sp³-hybridized carbons (Fsp3) is 0.379. The van der Waals surface area contributed by atoms with E-state index in [-0.39, 0.29) is 5.91 Å². The molecule has 1 fully saturated rings. The van der Waals surface area contributed by atoms with Crippen LogP contribution in [0.15, 0.2) is 54.7 Å². The van der Waals surface area contributed by atoms with Crippen molar-refractivity contribution in [3.8, 4) is 0 Å². The van der Waals surface area contributed by atoms with Crippen molar-refractivity contribution in [2.24, 2.45) is 0 Å². The number of aryl methyl sites for hydroxylation is 2. The van der Waals surface area contributed by atoms with Gasteiger partial charge in [0.25, 0.3) is 5.91 Å². The summed E-state index contributed by atoms with van der Waals surface area (Å²) in [6, 6.07) is 14.3. The zero-order valence-corrected chi connectivity index (χ0v) is 22.3. The van der Waals surface area contributed by atoms with Gasteiger partial charge in [-0.3, -0.25) is 15.0 Å². The van der Waals surface area contributed by atoms with Crippen LogP contribution in [-0.2, 0) is 11.2 Å². The summed E-state index contributed by atoms with van der Waals surface area (Å²) in [6.07, 6.45) is 3.31. The van der Waals surface area contributed by atoms with Gasteiger partial charge in [0.15, 0.2) is 0 Å². The molecule has 0 radical (unpaired) electrons. The van der Waals surface area contributed by atoms with Crippen LogP contribution in [0.2, 0.25) is 0 Å². The Kier molecular flexibility index (Phi) is 9.40. The molecule has 200 valence electrons. The first kappa shape index (κ1) is 27.2. The zero-order valence-electron chi connectivity index (χ0n) is 22.3. The quantitative estimate of drug-likeness (QED) is 0.366. The highest BCUT2D eigenvalue weighted by molar-refractivity contribution is 6.06. The number of ether oxygens (including phenoxy) is 1. The van der Waals surface area contributed by atoms with E-state index >= 15 is 0 Å². The number of morpholine rings is 1. The van der Waals surface area contributed by atoms with E-state index in [2.05, 4.69) is 44.7 Å². The molecule has 38 heavy (non-hydrogen) atoms. The number of amides is 3. The first-order valence-electron chi connectivity index (χ1n) is 13.1. The van der Waals surface area contributed by atoms with E-state index in [0.717, 1.165) is 62.5 Å². The maximum atomic E-state index is 12.9. The van der Waals surface area contributed by atoms with Gasteiger partial charge in [-0.25, -0.2) is 14.8 Å². The number of nitrogens with zero attached hydrogens (tertiary/aromatic N) is 3. The summed E-state index contributed by atoms with van der Waals surface area (Å²) < 4.78 is 5.39. The van der Waals surface area contributed by atoms with Gasteiger partial charge in [-0.15, -0.1) is 0 Å². The third kappa shape index (κ3) is 7.84. The Morgan fingerprint density at radius 1 is 1.03 bits per heavy atom. The van der Waals surface area contributed by atoms with Crippen LogP contribution in [0.25, 0.3) is 0 Å².